The van der Waals surface area contributed by atoms with Crippen molar-refractivity contribution >= 4 is 11.7 Å². The number of carbonyl (C=O) groups excluding carboxylic acids is 1. The quantitative estimate of drug-likeness (QED) is 0.829. The first-order chi connectivity index (χ1) is 10.1. The molecule has 2 aromatic rings. The van der Waals surface area contributed by atoms with E-state index in [1.165, 1.54) is 18.2 Å². The van der Waals surface area contributed by atoms with Crippen LogP contribution in [0.4, 0.5) is 10.2 Å². The summed E-state index contributed by atoms with van der Waals surface area (Å²) >= 11 is 0. The minimum Gasteiger partial charge on any atom is -0.320 e. The van der Waals surface area contributed by atoms with Gasteiger partial charge in [-0.15, -0.1) is 0 Å². The molecule has 0 aliphatic rings. The second-order valence-corrected chi connectivity index (χ2v) is 4.32. The van der Waals surface area contributed by atoms with Crippen LogP contribution in [0.15, 0.2) is 36.5 Å². The maximum Gasteiger partial charge on any atom is 0.259 e. The zero-order valence-electron chi connectivity index (χ0n) is 11.5. The van der Waals surface area contributed by atoms with Crippen molar-refractivity contribution in [1.29, 1.82) is 0 Å². The molecule has 0 radical (unpaired) electrons. The van der Waals surface area contributed by atoms with E-state index in [0.717, 1.165) is 5.56 Å². The van der Waals surface area contributed by atoms with Crippen molar-refractivity contribution in [1.82, 2.24) is 4.98 Å². The Hall–Kier alpha value is -2.71. The first kappa shape index (κ1) is 14.7. The van der Waals surface area contributed by atoms with E-state index in [9.17, 15) is 9.18 Å². The second kappa shape index (κ2) is 6.64. The monoisotopic (exact) mass is 283 g/mol. The Morgan fingerprint density at radius 2 is 2.24 bits per heavy atom. The molecule has 4 nitrogen and oxygen atoms in total. The molecule has 0 atom stereocenters. The van der Waals surface area contributed by atoms with Gasteiger partial charge >= 0.3 is 0 Å². The first-order valence-corrected chi connectivity index (χ1v) is 6.33. The molecule has 1 heterocycles. The minimum absolute atomic E-state index is 0.0797. The average Bonchev–Trinajstić information content (AvgIpc) is 2.48. The Bertz CT molecular complexity index is 732. The van der Waals surface area contributed by atoms with E-state index >= 15 is 0 Å². The third-order valence-corrected chi connectivity index (χ3v) is 2.79. The van der Waals surface area contributed by atoms with Gasteiger partial charge in [-0.2, -0.15) is 0 Å². The number of amides is 1. The van der Waals surface area contributed by atoms with Crippen LogP contribution in [0.3, 0.4) is 0 Å². The van der Waals surface area contributed by atoms with Crippen molar-refractivity contribution < 1.29 is 9.18 Å². The summed E-state index contributed by atoms with van der Waals surface area (Å²) in [6, 6.07) is 7.67. The maximum absolute atomic E-state index is 13.8. The van der Waals surface area contributed by atoms with Crippen molar-refractivity contribution in [3.63, 3.8) is 0 Å². The molecule has 0 spiro atoms. The Kier molecular flexibility index (Phi) is 4.64. The Morgan fingerprint density at radius 1 is 1.43 bits per heavy atom. The molecule has 1 aromatic carbocycles. The molecular weight excluding hydrogens is 269 g/mol. The van der Waals surface area contributed by atoms with Gasteiger partial charge in [0.15, 0.2) is 0 Å². The molecule has 0 saturated heterocycles. The summed E-state index contributed by atoms with van der Waals surface area (Å²) in [5.74, 6) is 4.65. The van der Waals surface area contributed by atoms with Gasteiger partial charge in [0.1, 0.15) is 11.6 Å². The topological polar surface area (TPSA) is 68.0 Å². The lowest BCUT2D eigenvalue weighted by atomic mass is 10.1. The molecule has 0 aliphatic carbocycles. The van der Waals surface area contributed by atoms with Gasteiger partial charge in [0.2, 0.25) is 0 Å². The van der Waals surface area contributed by atoms with Gasteiger partial charge in [-0.05, 0) is 36.8 Å². The lowest BCUT2D eigenvalue weighted by molar-refractivity contribution is 0.102. The van der Waals surface area contributed by atoms with Crippen molar-refractivity contribution in [2.24, 2.45) is 5.73 Å². The molecule has 0 saturated carbocycles. The highest BCUT2D eigenvalue weighted by atomic mass is 19.1. The predicted molar refractivity (Wildman–Crippen MR) is 79.3 cm³/mol. The molecular formula is C16H14FN3O. The van der Waals surface area contributed by atoms with Crippen LogP contribution >= 0.6 is 0 Å². The van der Waals surface area contributed by atoms with E-state index in [1.807, 2.05) is 13.0 Å². The molecule has 0 fully saturated rings. The SMILES string of the molecule is Cc1cccnc1NC(=O)c1cc(C#CCN)ccc1F. The number of aryl methyl sites for hydroxylation is 1. The van der Waals surface area contributed by atoms with Crippen molar-refractivity contribution in [3.8, 4) is 11.8 Å². The highest BCUT2D eigenvalue weighted by molar-refractivity contribution is 6.04. The fourth-order valence-electron chi connectivity index (χ4n) is 1.72. The van der Waals surface area contributed by atoms with Gasteiger partial charge in [-0.3, -0.25) is 4.79 Å². The number of pyridine rings is 1. The Labute approximate surface area is 122 Å². The summed E-state index contributed by atoms with van der Waals surface area (Å²) < 4.78 is 13.8. The molecule has 0 aliphatic heterocycles. The summed E-state index contributed by atoms with van der Waals surface area (Å²) in [6.07, 6.45) is 1.56. The largest absolute Gasteiger partial charge is 0.320 e. The van der Waals surface area contributed by atoms with Crippen LogP contribution in [0.1, 0.15) is 21.5 Å². The molecule has 1 aromatic heterocycles. The van der Waals surface area contributed by atoms with E-state index in [2.05, 4.69) is 22.1 Å². The molecule has 0 bridgehead atoms. The number of nitrogens with two attached hydrogens (primary N) is 1. The molecule has 1 amide bonds. The highest BCUT2D eigenvalue weighted by Gasteiger charge is 2.13. The summed E-state index contributed by atoms with van der Waals surface area (Å²) in [6.45, 7) is 2.01. The fourth-order valence-corrected chi connectivity index (χ4v) is 1.72. The Balaban J connectivity index is 2.28. The standard InChI is InChI=1S/C16H14FN3O/c1-11-4-3-9-19-15(11)20-16(21)13-10-12(5-2-8-18)6-7-14(13)17/h3-4,6-7,9-10H,8,18H2,1H3,(H,19,20,21). The lowest BCUT2D eigenvalue weighted by Gasteiger charge is -2.08. The van der Waals surface area contributed by atoms with Gasteiger partial charge in [0, 0.05) is 11.8 Å². The first-order valence-electron chi connectivity index (χ1n) is 6.33. The number of halogens is 1. The number of anilines is 1. The number of hydrogen-bond acceptors (Lipinski definition) is 3. The van der Waals surface area contributed by atoms with Gasteiger partial charge in [0.05, 0.1) is 12.1 Å². The molecule has 2 rings (SSSR count). The number of nitrogens with zero attached hydrogens (tertiary/aromatic N) is 1. The average molecular weight is 283 g/mol. The molecule has 21 heavy (non-hydrogen) atoms. The van der Waals surface area contributed by atoms with Crippen molar-refractivity contribution in [3.05, 3.63) is 59.0 Å². The van der Waals surface area contributed by atoms with Gasteiger partial charge in [0.25, 0.3) is 5.91 Å². The van der Waals surface area contributed by atoms with Crippen LogP contribution in [0, 0.1) is 24.6 Å². The van der Waals surface area contributed by atoms with E-state index in [1.54, 1.807) is 12.3 Å². The number of benzene rings is 1. The lowest BCUT2D eigenvalue weighted by Crippen LogP contribution is -2.15. The van der Waals surface area contributed by atoms with E-state index < -0.39 is 11.7 Å². The number of nitrogens with one attached hydrogen (secondary N) is 1. The zero-order chi connectivity index (χ0) is 15.2. The van der Waals surface area contributed by atoms with Crippen LogP contribution in [0.2, 0.25) is 0 Å². The fraction of sp³-hybridized carbons (Fsp3) is 0.125. The summed E-state index contributed by atoms with van der Waals surface area (Å²) in [5, 5.41) is 2.59. The number of hydrogen-bond donors (Lipinski definition) is 2. The van der Waals surface area contributed by atoms with Crippen LogP contribution in [0.5, 0.6) is 0 Å². The molecule has 5 heteroatoms. The number of rotatable bonds is 2. The highest BCUT2D eigenvalue weighted by Crippen LogP contribution is 2.14. The van der Waals surface area contributed by atoms with E-state index in [0.29, 0.717) is 11.4 Å². The van der Waals surface area contributed by atoms with Crippen LogP contribution in [-0.2, 0) is 0 Å². The van der Waals surface area contributed by atoms with E-state index in [-0.39, 0.29) is 12.1 Å². The Morgan fingerprint density at radius 3 is 2.95 bits per heavy atom. The summed E-state index contributed by atoms with van der Waals surface area (Å²) in [5.41, 5.74) is 6.54. The predicted octanol–water partition coefficient (Wildman–Crippen LogP) is 2.09. The smallest absolute Gasteiger partial charge is 0.259 e. The zero-order valence-corrected chi connectivity index (χ0v) is 11.5. The molecule has 3 N–H and O–H groups in total. The van der Waals surface area contributed by atoms with Gasteiger partial charge < -0.3 is 11.1 Å². The van der Waals surface area contributed by atoms with E-state index in [4.69, 9.17) is 5.73 Å². The molecule has 106 valence electrons. The number of carbonyl (C=O) groups is 1. The normalized spacial score (nSPS) is 9.67. The van der Waals surface area contributed by atoms with Crippen molar-refractivity contribution in [2.75, 3.05) is 11.9 Å². The molecule has 0 unspecified atom stereocenters. The number of aromatic nitrogens is 1. The van der Waals surface area contributed by atoms with Gasteiger partial charge in [-0.25, -0.2) is 9.37 Å². The van der Waals surface area contributed by atoms with Crippen LogP contribution in [0.25, 0.3) is 0 Å². The van der Waals surface area contributed by atoms with Crippen LogP contribution < -0.4 is 11.1 Å². The third kappa shape index (κ3) is 3.65. The minimum atomic E-state index is -0.612. The van der Waals surface area contributed by atoms with Crippen LogP contribution in [-0.4, -0.2) is 17.4 Å². The van der Waals surface area contributed by atoms with Gasteiger partial charge in [-0.1, -0.05) is 17.9 Å². The second-order valence-electron chi connectivity index (χ2n) is 4.32. The summed E-state index contributed by atoms with van der Waals surface area (Å²) in [7, 11) is 0. The summed E-state index contributed by atoms with van der Waals surface area (Å²) in [4.78, 5) is 16.2. The maximum atomic E-state index is 13.8. The third-order valence-electron chi connectivity index (χ3n) is 2.79. The van der Waals surface area contributed by atoms with Crippen molar-refractivity contribution in [2.45, 2.75) is 6.92 Å².